The number of aromatic nitrogens is 2. The molecule has 2 amide bonds. The summed E-state index contributed by atoms with van der Waals surface area (Å²) in [6.07, 6.45) is -3.17. The number of nitrogens with zero attached hydrogens (tertiary/aromatic N) is 2. The molecule has 0 saturated heterocycles. The Morgan fingerprint density at radius 3 is 2.50 bits per heavy atom. The molecule has 0 bridgehead atoms. The lowest BCUT2D eigenvalue weighted by atomic mass is 10.1. The average molecular weight is 430 g/mol. The fraction of sp³-hybridized carbons (Fsp3) is 0.0500. The first-order valence-electron chi connectivity index (χ1n) is 8.62. The van der Waals surface area contributed by atoms with Crippen molar-refractivity contribution in [3.05, 3.63) is 82.2 Å². The highest BCUT2D eigenvalue weighted by Gasteiger charge is 2.31. The van der Waals surface area contributed by atoms with E-state index in [2.05, 4.69) is 15.7 Å². The zero-order valence-electron chi connectivity index (χ0n) is 15.1. The molecule has 2 aromatic heterocycles. The number of urea groups is 1. The van der Waals surface area contributed by atoms with Gasteiger partial charge in [-0.05, 0) is 35.9 Å². The third kappa shape index (κ3) is 4.03. The van der Waals surface area contributed by atoms with Gasteiger partial charge in [0.1, 0.15) is 6.33 Å². The van der Waals surface area contributed by atoms with Crippen LogP contribution in [0.1, 0.15) is 5.56 Å². The van der Waals surface area contributed by atoms with Crippen LogP contribution in [0.4, 0.5) is 23.7 Å². The van der Waals surface area contributed by atoms with E-state index in [0.29, 0.717) is 27.0 Å². The number of carbonyl (C=O) groups excluding carboxylic acids is 1. The largest absolute Gasteiger partial charge is 0.417 e. The van der Waals surface area contributed by atoms with Gasteiger partial charge >= 0.3 is 12.2 Å². The fourth-order valence-corrected chi connectivity index (χ4v) is 3.69. The molecule has 0 spiro atoms. The third-order valence-electron chi connectivity index (χ3n) is 4.24. The van der Waals surface area contributed by atoms with E-state index in [1.54, 1.807) is 48.5 Å². The number of thiophene rings is 1. The number of halogens is 3. The van der Waals surface area contributed by atoms with Gasteiger partial charge in [-0.25, -0.2) is 19.9 Å². The molecule has 2 N–H and O–H groups in total. The Balaban J connectivity index is 1.46. The van der Waals surface area contributed by atoms with Crippen LogP contribution in [0.15, 0.2) is 71.1 Å². The highest BCUT2D eigenvalue weighted by Crippen LogP contribution is 2.36. The Bertz CT molecular complexity index is 1280. The minimum Gasteiger partial charge on any atom is -0.307 e. The van der Waals surface area contributed by atoms with E-state index in [9.17, 15) is 22.8 Å². The first-order chi connectivity index (χ1) is 14.3. The lowest BCUT2D eigenvalue weighted by Crippen LogP contribution is -2.35. The van der Waals surface area contributed by atoms with Gasteiger partial charge < -0.3 is 5.32 Å². The van der Waals surface area contributed by atoms with Crippen LogP contribution >= 0.6 is 11.3 Å². The molecule has 0 unspecified atom stereocenters. The van der Waals surface area contributed by atoms with Crippen LogP contribution < -0.4 is 16.3 Å². The van der Waals surface area contributed by atoms with E-state index in [-0.39, 0.29) is 0 Å². The van der Waals surface area contributed by atoms with Gasteiger partial charge in [-0.1, -0.05) is 24.3 Å². The second-order valence-corrected chi connectivity index (χ2v) is 7.19. The predicted molar refractivity (Wildman–Crippen MR) is 109 cm³/mol. The summed E-state index contributed by atoms with van der Waals surface area (Å²) >= 11 is 0.989. The summed E-state index contributed by atoms with van der Waals surface area (Å²) in [5, 5.41) is 3.98. The highest BCUT2D eigenvalue weighted by atomic mass is 32.1. The van der Waals surface area contributed by atoms with E-state index in [1.807, 2.05) is 0 Å². The molecule has 2 heterocycles. The van der Waals surface area contributed by atoms with Crippen molar-refractivity contribution in [3.8, 4) is 10.4 Å². The van der Waals surface area contributed by atoms with Gasteiger partial charge in [0.15, 0.2) is 0 Å². The van der Waals surface area contributed by atoms with Crippen LogP contribution in [0.3, 0.4) is 0 Å². The fourth-order valence-electron chi connectivity index (χ4n) is 2.77. The summed E-state index contributed by atoms with van der Waals surface area (Å²) in [5.41, 5.74) is 2.78. The number of nitrogens with one attached hydrogen (secondary N) is 2. The summed E-state index contributed by atoms with van der Waals surface area (Å²) in [6, 6.07) is 13.5. The standard InChI is InChI=1S/C20H13F3N4O2S/c21-20(22,23)13-9-17(30-10-13)12-5-7-14(8-6-12)25-19(29)26-27-11-24-16-4-2-1-3-15(16)18(27)28/h1-11H,(H2,25,26,29). The van der Waals surface area contributed by atoms with E-state index in [0.717, 1.165) is 27.5 Å². The Morgan fingerprint density at radius 2 is 1.80 bits per heavy atom. The predicted octanol–water partition coefficient (Wildman–Crippen LogP) is 4.92. The van der Waals surface area contributed by atoms with E-state index >= 15 is 0 Å². The van der Waals surface area contributed by atoms with Gasteiger partial charge in [-0.3, -0.25) is 4.79 Å². The monoisotopic (exact) mass is 430 g/mol. The van der Waals surface area contributed by atoms with Gasteiger partial charge in [-0.15, -0.1) is 11.3 Å². The molecule has 0 fully saturated rings. The number of carbonyl (C=O) groups is 1. The molecule has 152 valence electrons. The quantitative estimate of drug-likeness (QED) is 0.485. The van der Waals surface area contributed by atoms with Crippen molar-refractivity contribution >= 4 is 34.0 Å². The number of alkyl halides is 3. The molecule has 4 rings (SSSR count). The van der Waals surface area contributed by atoms with Crippen LogP contribution in [0, 0.1) is 0 Å². The number of hydrogen-bond donors (Lipinski definition) is 2. The summed E-state index contributed by atoms with van der Waals surface area (Å²) < 4.78 is 39.2. The van der Waals surface area contributed by atoms with E-state index < -0.39 is 23.3 Å². The van der Waals surface area contributed by atoms with E-state index in [4.69, 9.17) is 0 Å². The molecule has 0 atom stereocenters. The topological polar surface area (TPSA) is 76.0 Å². The lowest BCUT2D eigenvalue weighted by Gasteiger charge is -2.10. The number of para-hydroxylation sites is 1. The maximum Gasteiger partial charge on any atom is 0.417 e. The third-order valence-corrected chi connectivity index (χ3v) is 5.22. The van der Waals surface area contributed by atoms with Crippen molar-refractivity contribution in [1.82, 2.24) is 9.66 Å². The second kappa shape index (κ2) is 7.64. The Labute approximate surface area is 171 Å². The summed E-state index contributed by atoms with van der Waals surface area (Å²) in [7, 11) is 0. The molecule has 0 aliphatic rings. The number of rotatable bonds is 3. The molecule has 4 aromatic rings. The molecule has 6 nitrogen and oxygen atoms in total. The van der Waals surface area contributed by atoms with Gasteiger partial charge in [-0.2, -0.15) is 13.2 Å². The van der Waals surface area contributed by atoms with Gasteiger partial charge in [0.2, 0.25) is 0 Å². The Kier molecular flexibility index (Phi) is 5.00. The molecule has 10 heteroatoms. The zero-order chi connectivity index (χ0) is 21.3. The van der Waals surface area contributed by atoms with Gasteiger partial charge in [0.25, 0.3) is 5.56 Å². The number of amides is 2. The average Bonchev–Trinajstić information content (AvgIpc) is 3.22. The van der Waals surface area contributed by atoms with Crippen LogP contribution in [-0.2, 0) is 6.18 Å². The second-order valence-electron chi connectivity index (χ2n) is 6.28. The first-order valence-corrected chi connectivity index (χ1v) is 9.50. The van der Waals surface area contributed by atoms with Crippen LogP contribution in [0.2, 0.25) is 0 Å². The maximum absolute atomic E-state index is 12.7. The molecule has 30 heavy (non-hydrogen) atoms. The SMILES string of the molecule is O=C(Nc1ccc(-c2cc(C(F)(F)F)cs2)cc1)Nn1cnc2ccccc2c1=O. The number of anilines is 1. The molecule has 2 aromatic carbocycles. The lowest BCUT2D eigenvalue weighted by molar-refractivity contribution is -0.137. The van der Waals surface area contributed by atoms with Gasteiger partial charge in [0, 0.05) is 15.9 Å². The number of fused-ring (bicyclic) bond motifs is 1. The highest BCUT2D eigenvalue weighted by molar-refractivity contribution is 7.13. The van der Waals surface area contributed by atoms with Crippen LogP contribution in [-0.4, -0.2) is 15.7 Å². The molecule has 0 aliphatic carbocycles. The van der Waals surface area contributed by atoms with E-state index in [1.165, 1.54) is 6.33 Å². The Hall–Kier alpha value is -3.66. The summed E-state index contributed by atoms with van der Waals surface area (Å²) in [5.74, 6) is 0. The van der Waals surface area contributed by atoms with Crippen molar-refractivity contribution in [2.75, 3.05) is 10.7 Å². The molecule has 0 aliphatic heterocycles. The van der Waals surface area contributed by atoms with Crippen molar-refractivity contribution in [1.29, 1.82) is 0 Å². The molecule has 0 saturated carbocycles. The first kappa shape index (κ1) is 19.6. The molecular weight excluding hydrogens is 417 g/mol. The Morgan fingerprint density at radius 1 is 1.07 bits per heavy atom. The number of benzene rings is 2. The van der Waals surface area contributed by atoms with Crippen molar-refractivity contribution in [3.63, 3.8) is 0 Å². The smallest absolute Gasteiger partial charge is 0.307 e. The van der Waals surface area contributed by atoms with Crippen LogP contribution in [0.25, 0.3) is 21.3 Å². The summed E-state index contributed by atoms with van der Waals surface area (Å²) in [4.78, 5) is 29.2. The molecule has 0 radical (unpaired) electrons. The molecular formula is C20H13F3N4O2S. The van der Waals surface area contributed by atoms with Gasteiger partial charge in [0.05, 0.1) is 16.5 Å². The zero-order valence-corrected chi connectivity index (χ0v) is 15.9. The minimum absolute atomic E-state index is 0.360. The number of hydrogen-bond acceptors (Lipinski definition) is 4. The van der Waals surface area contributed by atoms with Crippen molar-refractivity contribution < 1.29 is 18.0 Å². The normalized spacial score (nSPS) is 11.4. The van der Waals surface area contributed by atoms with Crippen LogP contribution in [0.5, 0.6) is 0 Å². The minimum atomic E-state index is -4.38. The summed E-state index contributed by atoms with van der Waals surface area (Å²) in [6.45, 7) is 0. The maximum atomic E-state index is 12.7. The van der Waals surface area contributed by atoms with Crippen molar-refractivity contribution in [2.24, 2.45) is 0 Å². The van der Waals surface area contributed by atoms with Crippen molar-refractivity contribution in [2.45, 2.75) is 6.18 Å².